The predicted molar refractivity (Wildman–Crippen MR) is 113 cm³/mol. The van der Waals surface area contributed by atoms with Gasteiger partial charge in [-0.15, -0.1) is 9.36 Å². The number of hydrogen-bond acceptors (Lipinski definition) is 3. The van der Waals surface area contributed by atoms with Crippen LogP contribution < -0.4 is 4.68 Å². The van der Waals surface area contributed by atoms with Crippen molar-refractivity contribution in [3.05, 3.63) is 11.9 Å². The largest absolute Gasteiger partial charge is 0.298 e. The second-order valence-electron chi connectivity index (χ2n) is 10.5. The summed E-state index contributed by atoms with van der Waals surface area (Å²) >= 11 is 0. The number of aromatic nitrogens is 3. The van der Waals surface area contributed by atoms with Crippen LogP contribution in [0.5, 0.6) is 0 Å². The molecule has 2 rings (SSSR count). The highest BCUT2D eigenvalue weighted by molar-refractivity contribution is 5.09. The Balaban J connectivity index is 1.96. The molecule has 5 nitrogen and oxygen atoms in total. The van der Waals surface area contributed by atoms with E-state index in [1.165, 1.54) is 31.9 Å². The monoisotopic (exact) mass is 378 g/mol. The van der Waals surface area contributed by atoms with Crippen molar-refractivity contribution >= 4 is 0 Å². The third-order valence-corrected chi connectivity index (χ3v) is 6.81. The summed E-state index contributed by atoms with van der Waals surface area (Å²) in [6, 6.07) is 0.664. The second kappa shape index (κ2) is 8.60. The minimum absolute atomic E-state index is 0.115. The first-order valence-corrected chi connectivity index (χ1v) is 10.8. The molecule has 27 heavy (non-hydrogen) atoms. The summed E-state index contributed by atoms with van der Waals surface area (Å²) in [5.74, 6) is 0.668. The van der Waals surface area contributed by atoms with Crippen LogP contribution in [0.2, 0.25) is 0 Å². The average Bonchev–Trinajstić information content (AvgIpc) is 2.94. The molecule has 0 bridgehead atoms. The first-order valence-electron chi connectivity index (χ1n) is 10.8. The Bertz CT molecular complexity index is 592. The minimum atomic E-state index is 0.115. The summed E-state index contributed by atoms with van der Waals surface area (Å²) in [6.45, 7) is 25.5. The third-order valence-electron chi connectivity index (χ3n) is 6.81. The fourth-order valence-electron chi connectivity index (χ4n) is 4.37. The van der Waals surface area contributed by atoms with E-state index < -0.39 is 0 Å². The number of rotatable bonds is 8. The van der Waals surface area contributed by atoms with E-state index in [4.69, 9.17) is 5.21 Å². The van der Waals surface area contributed by atoms with Crippen LogP contribution in [0.4, 0.5) is 0 Å². The third kappa shape index (κ3) is 5.77. The first kappa shape index (κ1) is 22.4. The minimum Gasteiger partial charge on any atom is -0.298 e. The molecule has 1 aliphatic rings. The topological polar surface area (TPSA) is 28.2 Å². The lowest BCUT2D eigenvalue weighted by atomic mass is 9.68. The lowest BCUT2D eigenvalue weighted by Crippen LogP contribution is -2.51. The van der Waals surface area contributed by atoms with Gasteiger partial charge < -0.3 is 0 Å². The van der Waals surface area contributed by atoms with Crippen molar-refractivity contribution in [2.24, 2.45) is 18.4 Å². The van der Waals surface area contributed by atoms with E-state index in [0.29, 0.717) is 17.4 Å². The van der Waals surface area contributed by atoms with E-state index >= 15 is 0 Å². The van der Waals surface area contributed by atoms with Crippen molar-refractivity contribution in [2.75, 3.05) is 32.7 Å². The smallest absolute Gasteiger partial charge is 0.172 e. The van der Waals surface area contributed by atoms with Crippen molar-refractivity contribution in [2.45, 2.75) is 79.8 Å². The van der Waals surface area contributed by atoms with Gasteiger partial charge in [0, 0.05) is 44.2 Å². The zero-order chi connectivity index (χ0) is 20.4. The molecular formula is C22H44N5+. The zero-order valence-electron chi connectivity index (χ0n) is 19.4. The van der Waals surface area contributed by atoms with Crippen LogP contribution in [0.25, 0.3) is 0 Å². The molecule has 0 saturated carbocycles. The molecule has 1 aromatic heterocycles. The summed E-state index contributed by atoms with van der Waals surface area (Å²) in [7, 11) is 2.09. The van der Waals surface area contributed by atoms with Crippen LogP contribution in [0, 0.1) is 11.3 Å². The Kier molecular flexibility index (Phi) is 7.12. The average molecular weight is 379 g/mol. The molecule has 2 heterocycles. The van der Waals surface area contributed by atoms with E-state index in [0.717, 1.165) is 19.5 Å². The van der Waals surface area contributed by atoms with Crippen molar-refractivity contribution in [1.29, 1.82) is 0 Å². The molecule has 0 amide bonds. The van der Waals surface area contributed by atoms with Crippen LogP contribution >= 0.6 is 0 Å². The second-order valence-corrected chi connectivity index (χ2v) is 10.5. The quantitative estimate of drug-likeness (QED) is 0.651. The fourth-order valence-corrected chi connectivity index (χ4v) is 4.37. The van der Waals surface area contributed by atoms with Crippen LogP contribution in [0.15, 0.2) is 6.20 Å². The van der Waals surface area contributed by atoms with Gasteiger partial charge in [0.15, 0.2) is 11.9 Å². The highest BCUT2D eigenvalue weighted by Gasteiger charge is 2.37. The number of nitrogens with zero attached hydrogens (tertiary/aromatic N) is 5. The summed E-state index contributed by atoms with van der Waals surface area (Å²) in [4.78, 5) is 5.15. The van der Waals surface area contributed by atoms with Gasteiger partial charge in [-0.3, -0.25) is 9.80 Å². The summed E-state index contributed by atoms with van der Waals surface area (Å²) in [5, 5.41) is 4.78. The summed E-state index contributed by atoms with van der Waals surface area (Å²) in [5.41, 5.74) is 1.76. The molecule has 0 spiro atoms. The molecule has 0 radical (unpaired) electrons. The van der Waals surface area contributed by atoms with E-state index in [-0.39, 0.29) is 5.41 Å². The Labute approximate surface area is 167 Å². The normalized spacial score (nSPS) is 18.0. The van der Waals surface area contributed by atoms with Gasteiger partial charge in [0.25, 0.3) is 0 Å². The number of piperazine rings is 1. The van der Waals surface area contributed by atoms with E-state index in [1.807, 2.05) is 0 Å². The maximum Gasteiger partial charge on any atom is 0.172 e. The van der Waals surface area contributed by atoms with Gasteiger partial charge in [-0.1, -0.05) is 41.5 Å². The molecule has 0 unspecified atom stereocenters. The standard InChI is InChI=1S/C22H44N5/c1-18(2)21(5,6)17-22(7,8)20-16-27(23-24(20)9)15-12-25-10-13-26(14-11-25)19(3)4/h16,18-19H,10-15,17H2,1-9H3/q+1. The van der Waals surface area contributed by atoms with Gasteiger partial charge in [0.2, 0.25) is 0 Å². The molecule has 1 aromatic rings. The van der Waals surface area contributed by atoms with Crippen LogP contribution in [0.1, 0.15) is 67.5 Å². The Morgan fingerprint density at radius 2 is 1.63 bits per heavy atom. The summed E-state index contributed by atoms with van der Waals surface area (Å²) in [6.07, 6.45) is 3.44. The van der Waals surface area contributed by atoms with Gasteiger partial charge in [-0.25, -0.2) is 0 Å². The molecule has 0 aliphatic carbocycles. The van der Waals surface area contributed by atoms with E-state index in [2.05, 4.69) is 87.8 Å². The molecule has 5 heteroatoms. The number of hydrogen-bond donors (Lipinski definition) is 0. The predicted octanol–water partition coefficient (Wildman–Crippen LogP) is 3.08. The highest BCUT2D eigenvalue weighted by Crippen LogP contribution is 2.40. The number of aryl methyl sites for hydroxylation is 1. The molecular weight excluding hydrogens is 334 g/mol. The molecule has 1 fully saturated rings. The maximum atomic E-state index is 4.78. The molecule has 156 valence electrons. The van der Waals surface area contributed by atoms with E-state index in [1.54, 1.807) is 0 Å². The van der Waals surface area contributed by atoms with Crippen molar-refractivity contribution in [1.82, 2.24) is 19.7 Å². The summed E-state index contributed by atoms with van der Waals surface area (Å²) < 4.78 is 4.24. The highest BCUT2D eigenvalue weighted by atomic mass is 15.5. The Morgan fingerprint density at radius 1 is 1.04 bits per heavy atom. The van der Waals surface area contributed by atoms with Gasteiger partial charge in [0.05, 0.1) is 5.21 Å². The molecule has 0 N–H and O–H groups in total. The van der Waals surface area contributed by atoms with Gasteiger partial charge >= 0.3 is 0 Å². The van der Waals surface area contributed by atoms with Gasteiger partial charge in [-0.2, -0.15) is 0 Å². The van der Waals surface area contributed by atoms with Gasteiger partial charge in [0.1, 0.15) is 13.6 Å². The van der Waals surface area contributed by atoms with Crippen LogP contribution in [-0.4, -0.2) is 58.5 Å². The van der Waals surface area contributed by atoms with Crippen LogP contribution in [0.3, 0.4) is 0 Å². The molecule has 0 aromatic carbocycles. The first-order chi connectivity index (χ1) is 12.4. The Morgan fingerprint density at radius 3 is 2.15 bits per heavy atom. The molecule has 1 aliphatic heterocycles. The van der Waals surface area contributed by atoms with Crippen molar-refractivity contribution < 1.29 is 4.68 Å². The lowest BCUT2D eigenvalue weighted by Gasteiger charge is -2.36. The van der Waals surface area contributed by atoms with Crippen molar-refractivity contribution in [3.8, 4) is 0 Å². The zero-order valence-corrected chi connectivity index (χ0v) is 19.4. The SMILES string of the molecule is CC(C)N1CCN(CC[n+]2cc(C(C)(C)CC(C)(C)C(C)C)n(C)n2)CC1. The van der Waals surface area contributed by atoms with E-state index in [9.17, 15) is 0 Å². The lowest BCUT2D eigenvalue weighted by molar-refractivity contribution is -0.754. The van der Waals surface area contributed by atoms with Crippen molar-refractivity contribution in [3.63, 3.8) is 0 Å². The fraction of sp³-hybridized carbons (Fsp3) is 0.909. The maximum absolute atomic E-state index is 4.78. The Hall–Kier alpha value is -0.940. The van der Waals surface area contributed by atoms with Crippen LogP contribution in [-0.2, 0) is 19.0 Å². The van der Waals surface area contributed by atoms with Gasteiger partial charge in [-0.05, 0) is 31.6 Å². The molecule has 0 atom stereocenters. The molecule has 1 saturated heterocycles.